The lowest BCUT2D eigenvalue weighted by Crippen LogP contribution is -2.47. The molecular weight excluding hydrogens is 396 g/mol. The molecule has 0 saturated heterocycles. The Kier molecular flexibility index (Phi) is 6.27. The van der Waals surface area contributed by atoms with Gasteiger partial charge in [-0.1, -0.05) is 24.9 Å². The van der Waals surface area contributed by atoms with Crippen LogP contribution in [0.25, 0.3) is 0 Å². The van der Waals surface area contributed by atoms with Crippen LogP contribution in [0.3, 0.4) is 0 Å². The Hall–Kier alpha value is -2.09. The van der Waals surface area contributed by atoms with Crippen molar-refractivity contribution in [1.82, 2.24) is 0 Å². The number of hydrogen-bond acceptors (Lipinski definition) is 3. The Labute approximate surface area is 174 Å². The van der Waals surface area contributed by atoms with Crippen LogP contribution < -0.4 is 16.4 Å². The summed E-state index contributed by atoms with van der Waals surface area (Å²) in [6.45, 7) is 5.14. The number of carbonyl (C=O) groups is 2. The highest BCUT2D eigenvalue weighted by Gasteiger charge is 2.34. The van der Waals surface area contributed by atoms with Crippen molar-refractivity contribution in [3.63, 3.8) is 0 Å². The lowest BCUT2D eigenvalue weighted by molar-refractivity contribution is -0.924. The minimum Gasteiger partial charge on any atom is -0.365 e. The van der Waals surface area contributed by atoms with E-state index in [1.165, 1.54) is 17.8 Å². The first-order valence-electron chi connectivity index (χ1n) is 9.43. The summed E-state index contributed by atoms with van der Waals surface area (Å²) in [5.74, 6) is -0.496. The predicted molar refractivity (Wildman–Crippen MR) is 115 cm³/mol. The van der Waals surface area contributed by atoms with E-state index in [9.17, 15) is 9.59 Å². The van der Waals surface area contributed by atoms with Crippen molar-refractivity contribution in [3.05, 3.63) is 45.3 Å². The number of benzene rings is 1. The third-order valence-corrected chi connectivity index (χ3v) is 6.53. The fourth-order valence-corrected chi connectivity index (χ4v) is 5.14. The number of amides is 3. The predicted octanol–water partition coefficient (Wildman–Crippen LogP) is 4.45. The van der Waals surface area contributed by atoms with Crippen LogP contribution in [-0.2, 0) is 13.0 Å². The van der Waals surface area contributed by atoms with Gasteiger partial charge in [-0.15, -0.1) is 11.3 Å². The second kappa shape index (κ2) is 8.51. The number of nitrogens with one attached hydrogen (secondary N) is 2. The van der Waals surface area contributed by atoms with Gasteiger partial charge in [0.1, 0.15) is 11.5 Å². The summed E-state index contributed by atoms with van der Waals surface area (Å²) < 4.78 is 0.954. The third-order valence-electron chi connectivity index (χ3n) is 5.14. The van der Waals surface area contributed by atoms with Crippen LogP contribution >= 0.6 is 22.9 Å². The standard InChI is InChI=1S/C20H25ClN4O2S/c1-3-4-10-25(2)11-9-15-16(12-25)28-19(17(15)18(22)26)24-20(27)23-14-7-5-13(21)6-8-14/h5-8H,3-4,9-12H2,1-2H3,(H3-,22,23,24,26,27)/p+1. The summed E-state index contributed by atoms with van der Waals surface area (Å²) in [6, 6.07) is 6.42. The van der Waals surface area contributed by atoms with Crippen LogP contribution in [0.1, 0.15) is 40.6 Å². The minimum atomic E-state index is -0.496. The van der Waals surface area contributed by atoms with Crippen molar-refractivity contribution in [3.8, 4) is 0 Å². The topological polar surface area (TPSA) is 84.2 Å². The Bertz CT molecular complexity index is 881. The van der Waals surface area contributed by atoms with Crippen molar-refractivity contribution in [1.29, 1.82) is 0 Å². The van der Waals surface area contributed by atoms with E-state index in [1.807, 2.05) is 0 Å². The number of quaternary nitrogens is 1. The Balaban J connectivity index is 1.79. The number of nitrogens with two attached hydrogens (primary N) is 1. The van der Waals surface area contributed by atoms with E-state index in [4.69, 9.17) is 17.3 Å². The van der Waals surface area contributed by atoms with Crippen LogP contribution in [-0.4, -0.2) is 36.6 Å². The van der Waals surface area contributed by atoms with Gasteiger partial charge in [-0.05, 0) is 36.2 Å². The highest BCUT2D eigenvalue weighted by molar-refractivity contribution is 7.17. The van der Waals surface area contributed by atoms with Crippen LogP contribution in [0.2, 0.25) is 5.02 Å². The largest absolute Gasteiger partial charge is 0.365 e. The van der Waals surface area contributed by atoms with E-state index in [0.29, 0.717) is 21.3 Å². The maximum atomic E-state index is 12.4. The summed E-state index contributed by atoms with van der Waals surface area (Å²) in [5.41, 5.74) is 7.71. The van der Waals surface area contributed by atoms with Crippen molar-refractivity contribution in [2.75, 3.05) is 30.8 Å². The first kappa shape index (κ1) is 20.6. The Morgan fingerprint density at radius 1 is 1.25 bits per heavy atom. The molecule has 1 aliphatic heterocycles. The molecule has 1 aromatic carbocycles. The van der Waals surface area contributed by atoms with Crippen molar-refractivity contribution in [2.24, 2.45) is 5.73 Å². The van der Waals surface area contributed by atoms with E-state index in [2.05, 4.69) is 24.6 Å². The fourth-order valence-electron chi connectivity index (χ4n) is 3.59. The number of hydrogen-bond donors (Lipinski definition) is 3. The van der Waals surface area contributed by atoms with Crippen molar-refractivity contribution >= 4 is 45.6 Å². The summed E-state index contributed by atoms with van der Waals surface area (Å²) in [5, 5.41) is 6.68. The van der Waals surface area contributed by atoms with Gasteiger partial charge in [-0.25, -0.2) is 4.79 Å². The van der Waals surface area contributed by atoms with Crippen LogP contribution in [0.15, 0.2) is 24.3 Å². The molecule has 0 aliphatic carbocycles. The molecule has 0 bridgehead atoms. The molecule has 1 aromatic heterocycles. The van der Waals surface area contributed by atoms with E-state index in [1.54, 1.807) is 24.3 Å². The third kappa shape index (κ3) is 4.66. The zero-order chi connectivity index (χ0) is 20.3. The average molecular weight is 422 g/mol. The van der Waals surface area contributed by atoms with Crippen LogP contribution in [0.4, 0.5) is 15.5 Å². The van der Waals surface area contributed by atoms with E-state index in [-0.39, 0.29) is 0 Å². The second-order valence-electron chi connectivity index (χ2n) is 7.49. The molecule has 2 heterocycles. The quantitative estimate of drug-likeness (QED) is 0.602. The van der Waals surface area contributed by atoms with E-state index < -0.39 is 11.9 Å². The molecule has 1 unspecified atom stereocenters. The summed E-state index contributed by atoms with van der Waals surface area (Å²) in [7, 11) is 2.25. The average Bonchev–Trinajstić information content (AvgIpc) is 2.98. The maximum absolute atomic E-state index is 12.4. The highest BCUT2D eigenvalue weighted by atomic mass is 35.5. The molecule has 0 radical (unpaired) electrons. The molecule has 28 heavy (non-hydrogen) atoms. The van der Waals surface area contributed by atoms with E-state index in [0.717, 1.165) is 47.4 Å². The fraction of sp³-hybridized carbons (Fsp3) is 0.400. The van der Waals surface area contributed by atoms with E-state index >= 15 is 0 Å². The molecular formula is C20H26ClN4O2S+. The molecule has 0 spiro atoms. The highest BCUT2D eigenvalue weighted by Crippen LogP contribution is 2.38. The first-order chi connectivity index (χ1) is 13.3. The van der Waals surface area contributed by atoms with Gasteiger partial charge in [0.15, 0.2) is 0 Å². The van der Waals surface area contributed by atoms with Gasteiger partial charge in [0.25, 0.3) is 5.91 Å². The number of urea groups is 1. The lowest BCUT2D eigenvalue weighted by atomic mass is 10.0. The van der Waals surface area contributed by atoms with Crippen LogP contribution in [0, 0.1) is 0 Å². The molecule has 2 aromatic rings. The zero-order valence-corrected chi connectivity index (χ0v) is 17.8. The minimum absolute atomic E-state index is 0.411. The first-order valence-corrected chi connectivity index (χ1v) is 10.6. The molecule has 3 rings (SSSR count). The smallest absolute Gasteiger partial charge is 0.324 e. The molecule has 150 valence electrons. The summed E-state index contributed by atoms with van der Waals surface area (Å²) in [6.07, 6.45) is 3.13. The van der Waals surface area contributed by atoms with Crippen LogP contribution in [0.5, 0.6) is 0 Å². The van der Waals surface area contributed by atoms with Gasteiger partial charge in [-0.3, -0.25) is 10.1 Å². The molecule has 6 nitrogen and oxygen atoms in total. The number of primary amides is 1. The maximum Gasteiger partial charge on any atom is 0.324 e. The number of likely N-dealkylation sites (N-methyl/N-ethyl adjacent to an activating group) is 1. The molecule has 8 heteroatoms. The lowest BCUT2D eigenvalue weighted by Gasteiger charge is -2.37. The number of carbonyl (C=O) groups excluding carboxylic acids is 2. The molecule has 0 saturated carbocycles. The number of unbranched alkanes of at least 4 members (excludes halogenated alkanes) is 1. The Morgan fingerprint density at radius 2 is 1.96 bits per heavy atom. The number of halogens is 1. The van der Waals surface area contributed by atoms with Gasteiger partial charge in [0.05, 0.1) is 30.6 Å². The summed E-state index contributed by atoms with van der Waals surface area (Å²) >= 11 is 7.32. The number of thiophene rings is 1. The number of anilines is 2. The number of rotatable bonds is 6. The molecule has 3 amide bonds. The molecule has 4 N–H and O–H groups in total. The van der Waals surface area contributed by atoms with Crippen molar-refractivity contribution < 1.29 is 14.1 Å². The molecule has 1 atom stereocenters. The molecule has 0 fully saturated rings. The second-order valence-corrected chi connectivity index (χ2v) is 9.03. The zero-order valence-electron chi connectivity index (χ0n) is 16.2. The molecule has 1 aliphatic rings. The monoisotopic (exact) mass is 421 g/mol. The number of nitrogens with zero attached hydrogens (tertiary/aromatic N) is 1. The van der Waals surface area contributed by atoms with Gasteiger partial charge >= 0.3 is 6.03 Å². The van der Waals surface area contributed by atoms with Gasteiger partial charge < -0.3 is 15.5 Å². The summed E-state index contributed by atoms with van der Waals surface area (Å²) in [4.78, 5) is 25.7. The normalized spacial score (nSPS) is 18.4. The Morgan fingerprint density at radius 3 is 2.61 bits per heavy atom. The van der Waals surface area contributed by atoms with Gasteiger partial charge in [0, 0.05) is 17.1 Å². The number of fused-ring (bicyclic) bond motifs is 1. The van der Waals surface area contributed by atoms with Gasteiger partial charge in [-0.2, -0.15) is 0 Å². The van der Waals surface area contributed by atoms with Gasteiger partial charge in [0.2, 0.25) is 0 Å². The van der Waals surface area contributed by atoms with Crippen molar-refractivity contribution in [2.45, 2.75) is 32.7 Å². The SMILES string of the molecule is CCCC[N+]1(C)CCc2c(sc(NC(=O)Nc3ccc(Cl)cc3)c2C(N)=O)C1.